The number of hydrogen-bond acceptors (Lipinski definition) is 4. The summed E-state index contributed by atoms with van der Waals surface area (Å²) in [5.74, 6) is -0.964. The highest BCUT2D eigenvalue weighted by molar-refractivity contribution is 7.13. The van der Waals surface area contributed by atoms with E-state index in [1.54, 1.807) is 29.8 Å². The van der Waals surface area contributed by atoms with Crippen LogP contribution in [0.5, 0.6) is 0 Å². The van der Waals surface area contributed by atoms with E-state index in [-0.39, 0.29) is 30.7 Å². The average Bonchev–Trinajstić information content (AvgIpc) is 3.33. The van der Waals surface area contributed by atoms with Gasteiger partial charge in [-0.2, -0.15) is 5.10 Å². The number of carbonyl (C=O) groups is 2. The van der Waals surface area contributed by atoms with Crippen molar-refractivity contribution in [1.29, 1.82) is 0 Å². The molecular weight excluding hydrogens is 415 g/mol. The molecule has 1 aromatic carbocycles. The van der Waals surface area contributed by atoms with Crippen molar-refractivity contribution in [3.05, 3.63) is 64.9 Å². The number of nitrogens with one attached hydrogen (secondary N) is 1. The lowest BCUT2D eigenvalue weighted by Gasteiger charge is -2.44. The Morgan fingerprint density at radius 3 is 2.68 bits per heavy atom. The number of nitrogens with zero attached hydrogens (tertiary/aromatic N) is 3. The van der Waals surface area contributed by atoms with Crippen LogP contribution in [0.15, 0.2) is 47.8 Å². The summed E-state index contributed by atoms with van der Waals surface area (Å²) >= 11 is 1.54. The quantitative estimate of drug-likeness (QED) is 0.665. The molecule has 0 bridgehead atoms. The summed E-state index contributed by atoms with van der Waals surface area (Å²) in [6.07, 6.45) is 0. The molecule has 0 fully saturated rings. The molecule has 1 aliphatic rings. The standard InChI is InChI=1S/C23H25FN4O2S/c1-22(2,3)25-21(30)23(4)14-28-18(12-17(26-28)19-9-6-10-31-19)20(29)27(23)13-15-7-5-8-16(24)11-15/h5-12H,13-14H2,1-4H3,(H,25,30)/t23-/m1/s1. The van der Waals surface area contributed by atoms with Crippen LogP contribution in [0, 0.1) is 5.82 Å². The van der Waals surface area contributed by atoms with E-state index in [1.807, 2.05) is 38.3 Å². The molecule has 0 aliphatic carbocycles. The molecule has 162 valence electrons. The molecule has 3 heterocycles. The topological polar surface area (TPSA) is 67.2 Å². The van der Waals surface area contributed by atoms with Crippen LogP contribution in [-0.2, 0) is 17.9 Å². The van der Waals surface area contributed by atoms with E-state index in [9.17, 15) is 14.0 Å². The third kappa shape index (κ3) is 4.12. The second-order valence-electron chi connectivity index (χ2n) is 9.05. The van der Waals surface area contributed by atoms with Crippen molar-refractivity contribution >= 4 is 23.2 Å². The van der Waals surface area contributed by atoms with E-state index < -0.39 is 11.1 Å². The molecule has 0 spiro atoms. The molecule has 0 unspecified atom stereocenters. The molecule has 2 aromatic heterocycles. The minimum absolute atomic E-state index is 0.115. The van der Waals surface area contributed by atoms with Gasteiger partial charge in [0.1, 0.15) is 22.7 Å². The number of thiophene rings is 1. The largest absolute Gasteiger partial charge is 0.349 e. The van der Waals surface area contributed by atoms with Crippen LogP contribution in [0.1, 0.15) is 43.7 Å². The zero-order valence-corrected chi connectivity index (χ0v) is 18.8. The van der Waals surface area contributed by atoms with Gasteiger partial charge in [0.05, 0.1) is 11.4 Å². The Morgan fingerprint density at radius 2 is 2.03 bits per heavy atom. The number of carbonyl (C=O) groups excluding carboxylic acids is 2. The first kappa shape index (κ1) is 21.2. The molecule has 1 aliphatic heterocycles. The molecule has 1 atom stereocenters. The minimum atomic E-state index is -1.19. The smallest absolute Gasteiger partial charge is 0.273 e. The van der Waals surface area contributed by atoms with Crippen LogP contribution in [-0.4, -0.2) is 37.6 Å². The van der Waals surface area contributed by atoms with E-state index in [0.29, 0.717) is 17.0 Å². The predicted molar refractivity (Wildman–Crippen MR) is 118 cm³/mol. The van der Waals surface area contributed by atoms with E-state index in [0.717, 1.165) is 4.88 Å². The van der Waals surface area contributed by atoms with Crippen molar-refractivity contribution in [3.63, 3.8) is 0 Å². The number of halogens is 1. The average molecular weight is 441 g/mol. The number of fused-ring (bicyclic) bond motifs is 1. The molecule has 8 heteroatoms. The van der Waals surface area contributed by atoms with Gasteiger partial charge >= 0.3 is 0 Å². The molecule has 2 amide bonds. The first-order valence-electron chi connectivity index (χ1n) is 10.1. The third-order valence-corrected chi connectivity index (χ3v) is 6.17. The number of aromatic nitrogens is 2. The van der Waals surface area contributed by atoms with E-state index in [4.69, 9.17) is 0 Å². The highest BCUT2D eigenvalue weighted by Crippen LogP contribution is 2.33. The summed E-state index contributed by atoms with van der Waals surface area (Å²) in [7, 11) is 0. The van der Waals surface area contributed by atoms with Gasteiger partial charge in [-0.25, -0.2) is 4.39 Å². The zero-order chi connectivity index (χ0) is 22.4. The lowest BCUT2D eigenvalue weighted by Crippen LogP contribution is -2.65. The molecule has 1 N–H and O–H groups in total. The Hall–Kier alpha value is -3.00. The van der Waals surface area contributed by atoms with Gasteiger partial charge in [0.25, 0.3) is 5.91 Å². The summed E-state index contributed by atoms with van der Waals surface area (Å²) in [5, 5.41) is 9.56. The van der Waals surface area contributed by atoms with Gasteiger partial charge in [-0.1, -0.05) is 18.2 Å². The highest BCUT2D eigenvalue weighted by Gasteiger charge is 2.48. The number of rotatable bonds is 4. The monoisotopic (exact) mass is 440 g/mol. The van der Waals surface area contributed by atoms with Crippen molar-refractivity contribution in [2.75, 3.05) is 0 Å². The summed E-state index contributed by atoms with van der Waals surface area (Å²) in [4.78, 5) is 29.4. The maximum absolute atomic E-state index is 13.8. The van der Waals surface area contributed by atoms with Gasteiger partial charge < -0.3 is 10.2 Å². The fourth-order valence-electron chi connectivity index (χ4n) is 3.73. The first-order chi connectivity index (χ1) is 14.6. The van der Waals surface area contributed by atoms with E-state index in [2.05, 4.69) is 10.4 Å². The molecule has 31 heavy (non-hydrogen) atoms. The third-order valence-electron chi connectivity index (χ3n) is 5.28. The first-order valence-corrected chi connectivity index (χ1v) is 11.0. The summed E-state index contributed by atoms with van der Waals surface area (Å²) < 4.78 is 15.4. The maximum atomic E-state index is 13.8. The summed E-state index contributed by atoms with van der Waals surface area (Å²) in [6, 6.07) is 11.7. The van der Waals surface area contributed by atoms with E-state index >= 15 is 0 Å². The molecule has 0 radical (unpaired) electrons. The Balaban J connectivity index is 1.77. The zero-order valence-electron chi connectivity index (χ0n) is 18.0. The maximum Gasteiger partial charge on any atom is 0.273 e. The van der Waals surface area contributed by atoms with E-state index in [1.165, 1.54) is 28.4 Å². The molecular formula is C23H25FN4O2S. The Bertz CT molecular complexity index is 1130. The molecule has 0 saturated heterocycles. The van der Waals surface area contributed by atoms with Gasteiger partial charge in [-0.15, -0.1) is 11.3 Å². The van der Waals surface area contributed by atoms with Gasteiger partial charge in [-0.3, -0.25) is 14.3 Å². The minimum Gasteiger partial charge on any atom is -0.349 e. The SMILES string of the molecule is CC(C)(C)NC(=O)[C@@]1(C)Cn2nc(-c3cccs3)cc2C(=O)N1Cc1cccc(F)c1. The van der Waals surface area contributed by atoms with Crippen LogP contribution >= 0.6 is 11.3 Å². The lowest BCUT2D eigenvalue weighted by molar-refractivity contribution is -0.135. The predicted octanol–water partition coefficient (Wildman–Crippen LogP) is 4.08. The lowest BCUT2D eigenvalue weighted by atomic mass is 9.92. The molecule has 4 rings (SSSR count). The summed E-state index contributed by atoms with van der Waals surface area (Å²) in [6.45, 7) is 7.74. The molecule has 3 aromatic rings. The second-order valence-corrected chi connectivity index (χ2v) is 10.00. The van der Waals surface area contributed by atoms with Crippen molar-refractivity contribution in [2.45, 2.75) is 51.9 Å². The van der Waals surface area contributed by atoms with Crippen molar-refractivity contribution in [2.24, 2.45) is 0 Å². The van der Waals surface area contributed by atoms with Crippen LogP contribution in [0.4, 0.5) is 4.39 Å². The number of hydrogen-bond donors (Lipinski definition) is 1. The molecule has 6 nitrogen and oxygen atoms in total. The van der Waals surface area contributed by atoms with Gasteiger partial charge in [0.15, 0.2) is 0 Å². The normalized spacial score (nSPS) is 18.7. The van der Waals surface area contributed by atoms with Crippen LogP contribution in [0.2, 0.25) is 0 Å². The summed E-state index contributed by atoms with van der Waals surface area (Å²) in [5.41, 5.74) is 0.0720. The Morgan fingerprint density at radius 1 is 1.26 bits per heavy atom. The fourth-order valence-corrected chi connectivity index (χ4v) is 4.41. The van der Waals surface area contributed by atoms with Crippen LogP contribution in [0.25, 0.3) is 10.6 Å². The highest BCUT2D eigenvalue weighted by atomic mass is 32.1. The van der Waals surface area contributed by atoms with Crippen molar-refractivity contribution in [3.8, 4) is 10.6 Å². The van der Waals surface area contributed by atoms with Gasteiger partial charge in [-0.05, 0) is 62.9 Å². The second kappa shape index (κ2) is 7.60. The molecule has 0 saturated carbocycles. The van der Waals surface area contributed by atoms with Crippen LogP contribution < -0.4 is 5.32 Å². The van der Waals surface area contributed by atoms with Crippen molar-refractivity contribution in [1.82, 2.24) is 20.0 Å². The fraction of sp³-hybridized carbons (Fsp3) is 0.348. The number of benzene rings is 1. The van der Waals surface area contributed by atoms with Gasteiger partial charge in [0.2, 0.25) is 5.91 Å². The van der Waals surface area contributed by atoms with Crippen molar-refractivity contribution < 1.29 is 14.0 Å². The Kier molecular flexibility index (Phi) is 5.21. The van der Waals surface area contributed by atoms with Crippen LogP contribution in [0.3, 0.4) is 0 Å². The number of amides is 2. The Labute approximate surface area is 184 Å². The van der Waals surface area contributed by atoms with Gasteiger partial charge in [0, 0.05) is 12.1 Å².